The normalized spacial score (nSPS) is 11.9. The number of ether oxygens (including phenoxy) is 1. The maximum atomic E-state index is 11.7. The average Bonchev–Trinajstić information content (AvgIpc) is 2.34. The van der Waals surface area contributed by atoms with Crippen molar-refractivity contribution in [3.8, 4) is 0 Å². The van der Waals surface area contributed by atoms with Gasteiger partial charge in [0, 0.05) is 33.4 Å². The lowest BCUT2D eigenvalue weighted by molar-refractivity contribution is -0.139. The van der Waals surface area contributed by atoms with Crippen LogP contribution in [0.4, 0.5) is 4.79 Å². The highest BCUT2D eigenvalue weighted by Gasteiger charge is 2.16. The van der Waals surface area contributed by atoms with Crippen molar-refractivity contribution >= 4 is 12.0 Å². The maximum Gasteiger partial charge on any atom is 0.317 e. The maximum absolute atomic E-state index is 11.7. The Labute approximate surface area is 107 Å². The summed E-state index contributed by atoms with van der Waals surface area (Å²) in [6, 6.07) is -0.279. The summed E-state index contributed by atoms with van der Waals surface area (Å²) in [6.45, 7) is 3.01. The number of hydrogen-bond donors (Lipinski definition) is 3. The van der Waals surface area contributed by atoms with E-state index in [1.807, 2.05) is 6.92 Å². The topological polar surface area (TPSA) is 99.1 Å². The highest BCUT2D eigenvalue weighted by molar-refractivity contribution is 5.74. The molecule has 2 amide bonds. The van der Waals surface area contributed by atoms with E-state index in [0.717, 1.165) is 0 Å². The molecule has 0 fully saturated rings. The second-order valence-electron chi connectivity index (χ2n) is 3.80. The molecule has 0 rings (SSSR count). The van der Waals surface area contributed by atoms with Gasteiger partial charge in [-0.2, -0.15) is 0 Å². The third-order valence-corrected chi connectivity index (χ3v) is 2.47. The van der Waals surface area contributed by atoms with Crippen LogP contribution in [-0.2, 0) is 9.53 Å². The zero-order valence-electron chi connectivity index (χ0n) is 10.9. The van der Waals surface area contributed by atoms with Crippen LogP contribution in [-0.4, -0.2) is 66.6 Å². The van der Waals surface area contributed by atoms with Crippen LogP contribution < -0.4 is 5.32 Å². The second-order valence-corrected chi connectivity index (χ2v) is 3.80. The summed E-state index contributed by atoms with van der Waals surface area (Å²) in [5, 5.41) is 19.9. The molecule has 1 atom stereocenters. The average molecular weight is 262 g/mol. The minimum atomic E-state index is -0.969. The van der Waals surface area contributed by atoms with Crippen molar-refractivity contribution in [2.75, 3.05) is 33.4 Å². The van der Waals surface area contributed by atoms with Crippen LogP contribution in [0.15, 0.2) is 0 Å². The van der Waals surface area contributed by atoms with Crippen LogP contribution in [0, 0.1) is 0 Å². The third-order valence-electron chi connectivity index (χ3n) is 2.47. The molecule has 0 aromatic carbocycles. The lowest BCUT2D eigenvalue weighted by Crippen LogP contribution is -2.44. The Kier molecular flexibility index (Phi) is 8.95. The van der Waals surface area contributed by atoms with E-state index in [1.54, 1.807) is 4.90 Å². The van der Waals surface area contributed by atoms with Gasteiger partial charge in [-0.25, -0.2) is 4.79 Å². The zero-order chi connectivity index (χ0) is 14.0. The Balaban J connectivity index is 4.07. The Morgan fingerprint density at radius 3 is 2.56 bits per heavy atom. The smallest absolute Gasteiger partial charge is 0.317 e. The summed E-state index contributed by atoms with van der Waals surface area (Å²) in [7, 11) is 1.41. The fourth-order valence-electron chi connectivity index (χ4n) is 1.41. The van der Waals surface area contributed by atoms with Crippen LogP contribution >= 0.6 is 0 Å². The molecule has 18 heavy (non-hydrogen) atoms. The van der Waals surface area contributed by atoms with Gasteiger partial charge in [-0.3, -0.25) is 4.79 Å². The van der Waals surface area contributed by atoms with Crippen molar-refractivity contribution in [2.45, 2.75) is 25.9 Å². The van der Waals surface area contributed by atoms with E-state index in [1.165, 1.54) is 7.11 Å². The number of hydrogen-bond acceptors (Lipinski definition) is 4. The molecule has 0 bridgehead atoms. The first-order valence-electron chi connectivity index (χ1n) is 5.93. The van der Waals surface area contributed by atoms with Crippen LogP contribution in [0.3, 0.4) is 0 Å². The quantitative estimate of drug-likeness (QED) is 0.538. The lowest BCUT2D eigenvalue weighted by atomic mass is 10.2. The molecular weight excluding hydrogens is 240 g/mol. The molecule has 0 saturated heterocycles. The van der Waals surface area contributed by atoms with Gasteiger partial charge in [0.2, 0.25) is 0 Å². The Morgan fingerprint density at radius 2 is 2.11 bits per heavy atom. The minimum Gasteiger partial charge on any atom is -0.481 e. The van der Waals surface area contributed by atoms with Crippen molar-refractivity contribution in [3.63, 3.8) is 0 Å². The summed E-state index contributed by atoms with van der Waals surface area (Å²) in [4.78, 5) is 23.8. The van der Waals surface area contributed by atoms with Crippen molar-refractivity contribution < 1.29 is 24.5 Å². The summed E-state index contributed by atoms with van der Waals surface area (Å²) in [5.74, 6) is -0.969. The van der Waals surface area contributed by atoms with Crippen LogP contribution in [0.1, 0.15) is 19.8 Å². The number of aliphatic hydroxyl groups is 1. The van der Waals surface area contributed by atoms with Gasteiger partial charge in [0.1, 0.15) is 0 Å². The third kappa shape index (κ3) is 7.08. The fourth-order valence-corrected chi connectivity index (χ4v) is 1.41. The number of amides is 2. The predicted octanol–water partition coefficient (Wildman–Crippen LogP) is -0.110. The number of nitrogens with one attached hydrogen (secondary N) is 1. The SMILES string of the molecule is CCN(CCCO)C(=O)NCC(CC(=O)O)OC. The molecule has 0 heterocycles. The molecule has 0 aliphatic carbocycles. The van der Waals surface area contributed by atoms with Gasteiger partial charge in [-0.05, 0) is 13.3 Å². The van der Waals surface area contributed by atoms with Crippen molar-refractivity contribution in [1.29, 1.82) is 0 Å². The van der Waals surface area contributed by atoms with Crippen LogP contribution in [0.2, 0.25) is 0 Å². The molecule has 0 aromatic rings. The van der Waals surface area contributed by atoms with Gasteiger partial charge < -0.3 is 25.2 Å². The molecule has 0 radical (unpaired) electrons. The molecule has 0 aromatic heterocycles. The molecule has 0 saturated carbocycles. The first kappa shape index (κ1) is 16.7. The van der Waals surface area contributed by atoms with Gasteiger partial charge in [-0.1, -0.05) is 0 Å². The van der Waals surface area contributed by atoms with E-state index in [2.05, 4.69) is 5.32 Å². The largest absolute Gasteiger partial charge is 0.481 e. The summed E-state index contributed by atoms with van der Waals surface area (Å²) in [5.41, 5.74) is 0. The molecule has 0 aliphatic heterocycles. The summed E-state index contributed by atoms with van der Waals surface area (Å²) >= 11 is 0. The number of carboxylic acid groups (broad SMARTS) is 1. The van der Waals surface area contributed by atoms with Gasteiger partial charge in [-0.15, -0.1) is 0 Å². The monoisotopic (exact) mass is 262 g/mol. The Hall–Kier alpha value is -1.34. The summed E-state index contributed by atoms with van der Waals surface area (Å²) < 4.78 is 4.95. The molecule has 1 unspecified atom stereocenters. The molecule has 7 nitrogen and oxygen atoms in total. The first-order chi connectivity index (χ1) is 8.54. The highest BCUT2D eigenvalue weighted by Crippen LogP contribution is 1.97. The number of urea groups is 1. The number of nitrogens with zero attached hydrogens (tertiary/aromatic N) is 1. The number of carbonyl (C=O) groups is 2. The van der Waals surface area contributed by atoms with Gasteiger partial charge in [0.05, 0.1) is 12.5 Å². The number of carbonyl (C=O) groups excluding carboxylic acids is 1. The van der Waals surface area contributed by atoms with Gasteiger partial charge >= 0.3 is 12.0 Å². The van der Waals surface area contributed by atoms with Crippen molar-refractivity contribution in [1.82, 2.24) is 10.2 Å². The first-order valence-corrected chi connectivity index (χ1v) is 5.93. The van der Waals surface area contributed by atoms with E-state index in [9.17, 15) is 9.59 Å². The molecular formula is C11H22N2O5. The van der Waals surface area contributed by atoms with Crippen LogP contribution in [0.5, 0.6) is 0 Å². The molecule has 0 aliphatic rings. The van der Waals surface area contributed by atoms with Crippen LogP contribution in [0.25, 0.3) is 0 Å². The fraction of sp³-hybridized carbons (Fsp3) is 0.818. The molecule has 106 valence electrons. The predicted molar refractivity (Wildman–Crippen MR) is 65.4 cm³/mol. The molecule has 3 N–H and O–H groups in total. The number of rotatable bonds is 9. The minimum absolute atomic E-state index is 0.0312. The standard InChI is InChI=1S/C11H22N2O5/c1-3-13(5-4-6-14)11(17)12-8-9(18-2)7-10(15)16/h9,14H,3-8H2,1-2H3,(H,12,17)(H,15,16). The Morgan fingerprint density at radius 1 is 1.44 bits per heavy atom. The molecule has 0 spiro atoms. The van der Waals surface area contributed by atoms with Crippen molar-refractivity contribution in [3.05, 3.63) is 0 Å². The van der Waals surface area contributed by atoms with Gasteiger partial charge in [0.25, 0.3) is 0 Å². The number of methoxy groups -OCH3 is 1. The second kappa shape index (κ2) is 9.67. The number of carboxylic acids is 1. The van der Waals surface area contributed by atoms with E-state index in [4.69, 9.17) is 14.9 Å². The van der Waals surface area contributed by atoms with E-state index < -0.39 is 12.1 Å². The Bertz CT molecular complexity index is 260. The van der Waals surface area contributed by atoms with E-state index in [-0.39, 0.29) is 25.6 Å². The zero-order valence-corrected chi connectivity index (χ0v) is 10.9. The van der Waals surface area contributed by atoms with Gasteiger partial charge in [0.15, 0.2) is 0 Å². The van der Waals surface area contributed by atoms with E-state index in [0.29, 0.717) is 19.5 Å². The molecule has 7 heteroatoms. The van der Waals surface area contributed by atoms with Crippen molar-refractivity contribution in [2.24, 2.45) is 0 Å². The lowest BCUT2D eigenvalue weighted by Gasteiger charge is -2.22. The number of aliphatic carboxylic acids is 1. The summed E-state index contributed by atoms with van der Waals surface area (Å²) in [6.07, 6.45) is -0.174. The highest BCUT2D eigenvalue weighted by atomic mass is 16.5. The number of aliphatic hydroxyl groups excluding tert-OH is 1. The van der Waals surface area contributed by atoms with E-state index >= 15 is 0 Å².